The van der Waals surface area contributed by atoms with E-state index in [0.717, 1.165) is 28.0 Å². The van der Waals surface area contributed by atoms with Gasteiger partial charge in [-0.2, -0.15) is 0 Å². The van der Waals surface area contributed by atoms with E-state index in [1.165, 1.54) is 0 Å². The summed E-state index contributed by atoms with van der Waals surface area (Å²) in [5, 5.41) is 19.7. The van der Waals surface area contributed by atoms with Crippen molar-refractivity contribution >= 4 is 11.9 Å². The molecule has 2 aliphatic heterocycles. The van der Waals surface area contributed by atoms with Gasteiger partial charge in [-0.3, -0.25) is 14.5 Å². The zero-order chi connectivity index (χ0) is 21.5. The number of aromatic hydroxyl groups is 1. The molecular formula is C22H32N2O5. The molecule has 1 amide bonds. The third kappa shape index (κ3) is 3.68. The van der Waals surface area contributed by atoms with Crippen LogP contribution in [-0.2, 0) is 16.0 Å². The standard InChI is InChI=1S/C22H32N2O5/c1-6-17(20(26)27)23-9-11-24(12-10-23)21(28)22(5)8-7-16-15(4)18(25)13(2)14(3)19(16)29-22/h17,25H,6-12H2,1-5H3,(H,26,27). The predicted molar refractivity (Wildman–Crippen MR) is 110 cm³/mol. The fourth-order valence-electron chi connectivity index (χ4n) is 4.56. The molecule has 1 aromatic rings. The van der Waals surface area contributed by atoms with E-state index < -0.39 is 17.6 Å². The maximum atomic E-state index is 13.3. The highest BCUT2D eigenvalue weighted by Crippen LogP contribution is 2.43. The lowest BCUT2D eigenvalue weighted by atomic mass is 9.86. The van der Waals surface area contributed by atoms with Gasteiger partial charge in [-0.15, -0.1) is 0 Å². The summed E-state index contributed by atoms with van der Waals surface area (Å²) in [6, 6.07) is -0.498. The van der Waals surface area contributed by atoms with Gasteiger partial charge in [0, 0.05) is 38.2 Å². The number of ether oxygens (including phenoxy) is 1. The summed E-state index contributed by atoms with van der Waals surface area (Å²) in [5.41, 5.74) is 2.51. The number of hydrogen-bond donors (Lipinski definition) is 2. The van der Waals surface area contributed by atoms with Crippen LogP contribution >= 0.6 is 0 Å². The first-order chi connectivity index (χ1) is 13.6. The minimum atomic E-state index is -0.952. The maximum absolute atomic E-state index is 13.3. The number of carbonyl (C=O) groups is 2. The Morgan fingerprint density at radius 1 is 1.10 bits per heavy atom. The second-order valence-corrected chi connectivity index (χ2v) is 8.45. The quantitative estimate of drug-likeness (QED) is 0.801. The van der Waals surface area contributed by atoms with Crippen LogP contribution in [0.4, 0.5) is 0 Å². The zero-order valence-corrected chi connectivity index (χ0v) is 18.0. The molecule has 2 N–H and O–H groups in total. The van der Waals surface area contributed by atoms with E-state index in [2.05, 4.69) is 0 Å². The van der Waals surface area contributed by atoms with E-state index in [4.69, 9.17) is 4.74 Å². The van der Waals surface area contributed by atoms with Gasteiger partial charge in [0.2, 0.25) is 0 Å². The molecule has 1 saturated heterocycles. The van der Waals surface area contributed by atoms with Gasteiger partial charge in [-0.25, -0.2) is 0 Å². The molecule has 0 aliphatic carbocycles. The Hall–Kier alpha value is -2.28. The molecule has 1 aromatic carbocycles. The van der Waals surface area contributed by atoms with Crippen molar-refractivity contribution in [3.8, 4) is 11.5 Å². The maximum Gasteiger partial charge on any atom is 0.320 e. The molecule has 0 aromatic heterocycles. The van der Waals surface area contributed by atoms with Gasteiger partial charge in [0.05, 0.1) is 0 Å². The number of carboxylic acids is 1. The molecule has 2 atom stereocenters. The number of piperazine rings is 1. The summed E-state index contributed by atoms with van der Waals surface area (Å²) in [7, 11) is 0. The number of benzene rings is 1. The van der Waals surface area contributed by atoms with Crippen LogP contribution in [0.1, 0.15) is 48.9 Å². The van der Waals surface area contributed by atoms with Crippen molar-refractivity contribution in [2.75, 3.05) is 26.2 Å². The van der Waals surface area contributed by atoms with Crippen molar-refractivity contribution in [3.05, 3.63) is 22.3 Å². The van der Waals surface area contributed by atoms with Gasteiger partial charge >= 0.3 is 5.97 Å². The van der Waals surface area contributed by atoms with Gasteiger partial charge in [0.1, 0.15) is 17.5 Å². The summed E-state index contributed by atoms with van der Waals surface area (Å²) < 4.78 is 6.31. The number of rotatable bonds is 4. The fraction of sp³-hybridized carbons (Fsp3) is 0.636. The predicted octanol–water partition coefficient (Wildman–Crippen LogP) is 2.41. The Morgan fingerprint density at radius 3 is 2.28 bits per heavy atom. The number of carbonyl (C=O) groups excluding carboxylic acids is 1. The smallest absolute Gasteiger partial charge is 0.320 e. The number of phenolic OH excluding ortho intramolecular Hbond substituents is 1. The molecule has 0 bridgehead atoms. The largest absolute Gasteiger partial charge is 0.507 e. The van der Waals surface area contributed by atoms with Crippen LogP contribution < -0.4 is 4.74 Å². The number of carboxylic acid groups (broad SMARTS) is 1. The van der Waals surface area contributed by atoms with Crippen molar-refractivity contribution in [2.24, 2.45) is 0 Å². The lowest BCUT2D eigenvalue weighted by Crippen LogP contribution is -2.59. The minimum absolute atomic E-state index is 0.0473. The lowest BCUT2D eigenvalue weighted by Gasteiger charge is -2.43. The van der Waals surface area contributed by atoms with Crippen LogP contribution in [0.2, 0.25) is 0 Å². The van der Waals surface area contributed by atoms with Crippen LogP contribution in [0.15, 0.2) is 0 Å². The molecule has 29 heavy (non-hydrogen) atoms. The molecule has 1 fully saturated rings. The first-order valence-corrected chi connectivity index (χ1v) is 10.4. The van der Waals surface area contributed by atoms with Crippen molar-refractivity contribution in [3.63, 3.8) is 0 Å². The molecule has 7 heteroatoms. The van der Waals surface area contributed by atoms with Crippen LogP contribution in [0, 0.1) is 20.8 Å². The van der Waals surface area contributed by atoms with Crippen LogP contribution in [0.5, 0.6) is 11.5 Å². The van der Waals surface area contributed by atoms with Crippen LogP contribution in [-0.4, -0.2) is 69.7 Å². The molecule has 160 valence electrons. The Kier molecular flexibility index (Phi) is 5.81. The van der Waals surface area contributed by atoms with E-state index >= 15 is 0 Å². The topological polar surface area (TPSA) is 90.3 Å². The molecule has 2 aliphatic rings. The molecule has 7 nitrogen and oxygen atoms in total. The van der Waals surface area contributed by atoms with Gasteiger partial charge in [0.25, 0.3) is 5.91 Å². The monoisotopic (exact) mass is 404 g/mol. The first kappa shape index (κ1) is 21.4. The average molecular weight is 405 g/mol. The van der Waals surface area contributed by atoms with Crippen molar-refractivity contribution in [1.82, 2.24) is 9.80 Å². The van der Waals surface area contributed by atoms with Crippen LogP contribution in [0.3, 0.4) is 0 Å². The van der Waals surface area contributed by atoms with E-state index in [-0.39, 0.29) is 5.91 Å². The third-order valence-electron chi connectivity index (χ3n) is 6.69. The molecule has 0 saturated carbocycles. The fourth-order valence-corrected chi connectivity index (χ4v) is 4.56. The number of aliphatic carboxylic acids is 1. The van der Waals surface area contributed by atoms with E-state index in [0.29, 0.717) is 51.2 Å². The average Bonchev–Trinajstić information content (AvgIpc) is 2.71. The second kappa shape index (κ2) is 7.86. The van der Waals surface area contributed by atoms with E-state index in [1.54, 1.807) is 4.90 Å². The summed E-state index contributed by atoms with van der Waals surface area (Å²) in [6.45, 7) is 11.5. The number of phenols is 1. The number of hydrogen-bond acceptors (Lipinski definition) is 5. The molecule has 2 unspecified atom stereocenters. The van der Waals surface area contributed by atoms with Gasteiger partial charge < -0.3 is 19.8 Å². The summed E-state index contributed by atoms with van der Waals surface area (Å²) in [4.78, 5) is 28.5. The molecule has 0 radical (unpaired) electrons. The second-order valence-electron chi connectivity index (χ2n) is 8.45. The Labute approximate surface area is 172 Å². The number of fused-ring (bicyclic) bond motifs is 1. The lowest BCUT2D eigenvalue weighted by molar-refractivity contribution is -0.152. The normalized spacial score (nSPS) is 23.3. The Balaban J connectivity index is 1.76. The van der Waals surface area contributed by atoms with Gasteiger partial charge in [-0.05, 0) is 57.2 Å². The van der Waals surface area contributed by atoms with Gasteiger partial charge in [0.15, 0.2) is 5.60 Å². The summed E-state index contributed by atoms with van der Waals surface area (Å²) in [6.07, 6.45) is 1.77. The van der Waals surface area contributed by atoms with Crippen molar-refractivity contribution in [2.45, 2.75) is 65.5 Å². The Bertz CT molecular complexity index is 829. The van der Waals surface area contributed by atoms with Crippen molar-refractivity contribution in [1.29, 1.82) is 0 Å². The molecular weight excluding hydrogens is 372 g/mol. The highest BCUT2D eigenvalue weighted by Gasteiger charge is 2.44. The highest BCUT2D eigenvalue weighted by molar-refractivity contribution is 5.86. The molecule has 0 spiro atoms. The van der Waals surface area contributed by atoms with E-state index in [1.807, 2.05) is 39.5 Å². The number of amides is 1. The summed E-state index contributed by atoms with van der Waals surface area (Å²) >= 11 is 0. The van der Waals surface area contributed by atoms with Crippen LogP contribution in [0.25, 0.3) is 0 Å². The first-order valence-electron chi connectivity index (χ1n) is 10.4. The van der Waals surface area contributed by atoms with E-state index in [9.17, 15) is 19.8 Å². The minimum Gasteiger partial charge on any atom is -0.507 e. The third-order valence-corrected chi connectivity index (χ3v) is 6.69. The SMILES string of the molecule is CCC(C(=O)O)N1CCN(C(=O)C2(C)CCc3c(C)c(O)c(C)c(C)c3O2)CC1. The van der Waals surface area contributed by atoms with Crippen molar-refractivity contribution < 1.29 is 24.5 Å². The Morgan fingerprint density at radius 2 is 1.72 bits per heavy atom. The zero-order valence-electron chi connectivity index (χ0n) is 18.0. The summed E-state index contributed by atoms with van der Waals surface area (Å²) in [5.74, 6) is 0.167. The van der Waals surface area contributed by atoms with Gasteiger partial charge in [-0.1, -0.05) is 6.92 Å². The highest BCUT2D eigenvalue weighted by atomic mass is 16.5. The molecule has 2 heterocycles. The number of nitrogens with zero attached hydrogens (tertiary/aromatic N) is 2. The molecule has 3 rings (SSSR count).